The Balaban J connectivity index is 1.51. The molecule has 0 spiro atoms. The van der Waals surface area contributed by atoms with Crippen LogP contribution in [0.4, 0.5) is 14.5 Å². The van der Waals surface area contributed by atoms with Gasteiger partial charge in [0.25, 0.3) is 5.56 Å². The SMILES string of the molecule is CCN(C(=O)Cn1nc(-c2ccc(C#N)c(OC(C)C)c2)c2nc[nH]c2c1=O)c1ccc2c(c1)OC(F)(F)O2. The average molecular weight is 536 g/mol. The average Bonchev–Trinajstić information content (AvgIpc) is 3.49. The summed E-state index contributed by atoms with van der Waals surface area (Å²) in [5.74, 6) is -0.538. The fourth-order valence-corrected chi connectivity index (χ4v) is 4.22. The fraction of sp³-hybridized carbons (Fsp3) is 0.269. The second-order valence-electron chi connectivity index (χ2n) is 8.86. The standard InChI is InChI=1S/C26H22F2N6O5/c1-4-33(17-7-8-18-20(10-17)39-26(27,28)38-18)21(35)12-34-25(36)24-23(30-13-31-24)22(32-34)15-5-6-16(11-29)19(9-15)37-14(2)3/h5-10,13-14H,4,12H2,1-3H3,(H,30,31). The van der Waals surface area contributed by atoms with Crippen LogP contribution in [-0.2, 0) is 11.3 Å². The molecule has 0 fully saturated rings. The number of imidazole rings is 1. The number of ether oxygens (including phenoxy) is 3. The van der Waals surface area contributed by atoms with E-state index in [9.17, 15) is 23.6 Å². The first-order valence-corrected chi connectivity index (χ1v) is 12.0. The largest absolute Gasteiger partial charge is 0.586 e. The highest BCUT2D eigenvalue weighted by Crippen LogP contribution is 2.43. The molecule has 0 saturated heterocycles. The van der Waals surface area contributed by atoms with E-state index in [-0.39, 0.29) is 40.9 Å². The molecule has 11 nitrogen and oxygen atoms in total. The second-order valence-corrected chi connectivity index (χ2v) is 8.86. The zero-order valence-corrected chi connectivity index (χ0v) is 21.1. The Morgan fingerprint density at radius 2 is 2.00 bits per heavy atom. The Hall–Kier alpha value is -4.99. The van der Waals surface area contributed by atoms with Crippen molar-refractivity contribution in [1.82, 2.24) is 19.7 Å². The summed E-state index contributed by atoms with van der Waals surface area (Å²) < 4.78 is 42.6. The molecule has 200 valence electrons. The summed E-state index contributed by atoms with van der Waals surface area (Å²) in [5.41, 5.74) is 1.27. The molecule has 13 heteroatoms. The van der Waals surface area contributed by atoms with E-state index < -0.39 is 24.3 Å². The highest BCUT2D eigenvalue weighted by atomic mass is 19.3. The molecule has 0 aliphatic carbocycles. The van der Waals surface area contributed by atoms with Gasteiger partial charge >= 0.3 is 6.29 Å². The zero-order valence-electron chi connectivity index (χ0n) is 21.1. The number of aromatic nitrogens is 4. The lowest BCUT2D eigenvalue weighted by molar-refractivity contribution is -0.286. The summed E-state index contributed by atoms with van der Waals surface area (Å²) in [6.45, 7) is 5.08. The first-order chi connectivity index (χ1) is 18.6. The minimum atomic E-state index is -3.79. The van der Waals surface area contributed by atoms with E-state index in [0.717, 1.165) is 4.68 Å². The van der Waals surface area contributed by atoms with E-state index in [2.05, 4.69) is 30.6 Å². The molecule has 1 aliphatic rings. The Labute approximate surface area is 220 Å². The Kier molecular flexibility index (Phi) is 6.39. The van der Waals surface area contributed by atoms with Crippen molar-refractivity contribution in [3.8, 4) is 34.6 Å². The number of nitrogens with one attached hydrogen (secondary N) is 1. The molecule has 2 aromatic heterocycles. The lowest BCUT2D eigenvalue weighted by Crippen LogP contribution is -2.37. The van der Waals surface area contributed by atoms with Crippen molar-refractivity contribution in [2.45, 2.75) is 39.7 Å². The van der Waals surface area contributed by atoms with Crippen molar-refractivity contribution in [3.63, 3.8) is 0 Å². The molecule has 2 aromatic carbocycles. The number of anilines is 1. The number of rotatable bonds is 7. The number of carbonyl (C=O) groups excluding carboxylic acids is 1. The van der Waals surface area contributed by atoms with Gasteiger partial charge in [-0.2, -0.15) is 10.4 Å². The van der Waals surface area contributed by atoms with Crippen LogP contribution in [0.1, 0.15) is 26.3 Å². The molecule has 0 saturated carbocycles. The van der Waals surface area contributed by atoms with Crippen LogP contribution >= 0.6 is 0 Å². The third-order valence-electron chi connectivity index (χ3n) is 5.87. The van der Waals surface area contributed by atoms with Crippen molar-refractivity contribution in [3.05, 3.63) is 58.6 Å². The fourth-order valence-electron chi connectivity index (χ4n) is 4.22. The number of hydrogen-bond donors (Lipinski definition) is 1. The van der Waals surface area contributed by atoms with Gasteiger partial charge in [0.1, 0.15) is 35.1 Å². The quantitative estimate of drug-likeness (QED) is 0.377. The van der Waals surface area contributed by atoms with Crippen molar-refractivity contribution in [2.24, 2.45) is 0 Å². The molecule has 39 heavy (non-hydrogen) atoms. The summed E-state index contributed by atoms with van der Waals surface area (Å²) in [4.78, 5) is 34.8. The van der Waals surface area contributed by atoms with Gasteiger partial charge in [0.2, 0.25) is 5.91 Å². The Bertz CT molecular complexity index is 1690. The molecule has 1 aliphatic heterocycles. The van der Waals surface area contributed by atoms with Crippen molar-refractivity contribution in [1.29, 1.82) is 5.26 Å². The molecule has 1 N–H and O–H groups in total. The summed E-state index contributed by atoms with van der Waals surface area (Å²) in [6, 6.07) is 10.9. The molecule has 3 heterocycles. The Morgan fingerprint density at radius 1 is 1.23 bits per heavy atom. The van der Waals surface area contributed by atoms with E-state index in [0.29, 0.717) is 22.6 Å². The van der Waals surface area contributed by atoms with Crippen molar-refractivity contribution < 1.29 is 27.8 Å². The van der Waals surface area contributed by atoms with E-state index in [1.165, 1.54) is 29.4 Å². The van der Waals surface area contributed by atoms with Gasteiger partial charge in [-0.05, 0) is 45.0 Å². The molecule has 4 aromatic rings. The molecule has 0 radical (unpaired) electrons. The van der Waals surface area contributed by atoms with Crippen LogP contribution in [0.25, 0.3) is 22.3 Å². The molecular formula is C26H22F2N6O5. The number of H-pyrrole nitrogens is 1. The van der Waals surface area contributed by atoms with Crippen LogP contribution < -0.4 is 24.7 Å². The molecule has 1 amide bonds. The maximum absolute atomic E-state index is 13.4. The van der Waals surface area contributed by atoms with Crippen molar-refractivity contribution >= 4 is 22.6 Å². The third-order valence-corrected chi connectivity index (χ3v) is 5.87. The number of benzene rings is 2. The minimum Gasteiger partial charge on any atom is -0.490 e. The van der Waals surface area contributed by atoms with Gasteiger partial charge in [0.05, 0.1) is 18.0 Å². The van der Waals surface area contributed by atoms with Crippen LogP contribution in [0.3, 0.4) is 0 Å². The van der Waals surface area contributed by atoms with Crippen LogP contribution in [0.5, 0.6) is 17.2 Å². The van der Waals surface area contributed by atoms with Gasteiger partial charge in [-0.15, -0.1) is 8.78 Å². The number of nitriles is 1. The normalized spacial score (nSPS) is 13.5. The maximum Gasteiger partial charge on any atom is 0.586 e. The number of hydrogen-bond acceptors (Lipinski definition) is 8. The Morgan fingerprint density at radius 3 is 2.72 bits per heavy atom. The van der Waals surface area contributed by atoms with Crippen LogP contribution in [0.15, 0.2) is 47.5 Å². The summed E-state index contributed by atoms with van der Waals surface area (Å²) in [5, 5.41) is 13.9. The van der Waals surface area contributed by atoms with Gasteiger partial charge in [0.15, 0.2) is 11.5 Å². The minimum absolute atomic E-state index is 0.136. The highest BCUT2D eigenvalue weighted by molar-refractivity contribution is 5.94. The number of nitrogens with zero attached hydrogens (tertiary/aromatic N) is 5. The lowest BCUT2D eigenvalue weighted by atomic mass is 10.1. The number of halogens is 2. The summed E-state index contributed by atoms with van der Waals surface area (Å²) in [7, 11) is 0. The van der Waals surface area contributed by atoms with Gasteiger partial charge in [-0.3, -0.25) is 9.59 Å². The van der Waals surface area contributed by atoms with Crippen LogP contribution in [-0.4, -0.2) is 44.6 Å². The third kappa shape index (κ3) is 4.84. The van der Waals surface area contributed by atoms with Gasteiger partial charge in [-0.25, -0.2) is 9.67 Å². The van der Waals surface area contributed by atoms with Gasteiger partial charge < -0.3 is 24.1 Å². The molecule has 0 bridgehead atoms. The smallest absolute Gasteiger partial charge is 0.490 e. The molecule has 0 atom stereocenters. The number of fused-ring (bicyclic) bond motifs is 2. The molecule has 0 unspecified atom stereocenters. The number of likely N-dealkylation sites (N-methyl/N-ethyl adjacent to an activating group) is 1. The first-order valence-electron chi connectivity index (χ1n) is 12.0. The van der Waals surface area contributed by atoms with E-state index in [1.807, 2.05) is 13.8 Å². The van der Waals surface area contributed by atoms with E-state index in [4.69, 9.17) is 4.74 Å². The number of amides is 1. The number of aromatic amines is 1. The topological polar surface area (TPSA) is 135 Å². The van der Waals surface area contributed by atoms with Crippen LogP contribution in [0, 0.1) is 11.3 Å². The summed E-state index contributed by atoms with van der Waals surface area (Å²) in [6.07, 6.45) is -2.64. The maximum atomic E-state index is 13.4. The zero-order chi connectivity index (χ0) is 27.9. The predicted octanol–water partition coefficient (Wildman–Crippen LogP) is 3.82. The van der Waals surface area contributed by atoms with E-state index >= 15 is 0 Å². The monoisotopic (exact) mass is 536 g/mol. The van der Waals surface area contributed by atoms with Gasteiger partial charge in [-0.1, -0.05) is 6.07 Å². The van der Waals surface area contributed by atoms with Crippen LogP contribution in [0.2, 0.25) is 0 Å². The predicted molar refractivity (Wildman–Crippen MR) is 135 cm³/mol. The number of alkyl halides is 2. The second kappa shape index (κ2) is 9.71. The highest BCUT2D eigenvalue weighted by Gasteiger charge is 2.43. The summed E-state index contributed by atoms with van der Waals surface area (Å²) >= 11 is 0. The van der Waals surface area contributed by atoms with Gasteiger partial charge in [0, 0.05) is 23.9 Å². The molecule has 5 rings (SSSR count). The lowest BCUT2D eigenvalue weighted by Gasteiger charge is -2.21. The first kappa shape index (κ1) is 25.7. The number of carbonyl (C=O) groups is 1. The van der Waals surface area contributed by atoms with E-state index in [1.54, 1.807) is 25.1 Å². The van der Waals surface area contributed by atoms with Crippen molar-refractivity contribution in [2.75, 3.05) is 11.4 Å². The molecular weight excluding hydrogens is 514 g/mol.